The quantitative estimate of drug-likeness (QED) is 0.209. The molecular formula is C23H40IN5O. The Balaban J connectivity index is 0.00000320. The second kappa shape index (κ2) is 14.2. The number of halogens is 1. The van der Waals surface area contributed by atoms with Gasteiger partial charge in [-0.25, -0.2) is 0 Å². The fourth-order valence-corrected chi connectivity index (χ4v) is 4.23. The lowest BCUT2D eigenvalue weighted by Crippen LogP contribution is -2.46. The van der Waals surface area contributed by atoms with Crippen molar-refractivity contribution in [3.05, 3.63) is 35.9 Å². The van der Waals surface area contributed by atoms with E-state index in [9.17, 15) is 5.11 Å². The Morgan fingerprint density at radius 3 is 2.37 bits per heavy atom. The predicted octanol–water partition coefficient (Wildman–Crippen LogP) is 2.67. The van der Waals surface area contributed by atoms with E-state index in [1.54, 1.807) is 0 Å². The van der Waals surface area contributed by atoms with Crippen LogP contribution in [-0.2, 0) is 6.54 Å². The van der Waals surface area contributed by atoms with Gasteiger partial charge in [-0.15, -0.1) is 24.0 Å². The van der Waals surface area contributed by atoms with Crippen molar-refractivity contribution in [3.8, 4) is 0 Å². The molecule has 0 radical (unpaired) electrons. The van der Waals surface area contributed by atoms with Crippen LogP contribution in [0.2, 0.25) is 0 Å². The van der Waals surface area contributed by atoms with Gasteiger partial charge in [0.05, 0.1) is 6.10 Å². The summed E-state index contributed by atoms with van der Waals surface area (Å²) in [5.74, 6) is 0.932. The van der Waals surface area contributed by atoms with Gasteiger partial charge >= 0.3 is 0 Å². The van der Waals surface area contributed by atoms with Gasteiger partial charge in [-0.1, -0.05) is 30.3 Å². The van der Waals surface area contributed by atoms with Crippen LogP contribution in [0.3, 0.4) is 0 Å². The van der Waals surface area contributed by atoms with Crippen molar-refractivity contribution < 1.29 is 5.11 Å². The molecule has 3 rings (SSSR count). The lowest BCUT2D eigenvalue weighted by atomic mass is 9.93. The molecule has 6 nitrogen and oxygen atoms in total. The highest BCUT2D eigenvalue weighted by atomic mass is 127. The van der Waals surface area contributed by atoms with Crippen LogP contribution in [-0.4, -0.2) is 78.8 Å². The van der Waals surface area contributed by atoms with Crippen molar-refractivity contribution >= 4 is 29.9 Å². The molecule has 2 fully saturated rings. The summed E-state index contributed by atoms with van der Waals surface area (Å²) in [5, 5.41) is 16.6. The van der Waals surface area contributed by atoms with Crippen molar-refractivity contribution in [2.24, 2.45) is 4.99 Å². The minimum Gasteiger partial charge on any atom is -0.393 e. The smallest absolute Gasteiger partial charge is 0.191 e. The number of hydrogen-bond acceptors (Lipinski definition) is 4. The van der Waals surface area contributed by atoms with Crippen molar-refractivity contribution in [2.45, 2.75) is 57.7 Å². The van der Waals surface area contributed by atoms with E-state index >= 15 is 0 Å². The van der Waals surface area contributed by atoms with Crippen molar-refractivity contribution in [1.82, 2.24) is 20.4 Å². The average molecular weight is 530 g/mol. The molecule has 30 heavy (non-hydrogen) atoms. The summed E-state index contributed by atoms with van der Waals surface area (Å²) in [7, 11) is 0. The Morgan fingerprint density at radius 2 is 1.70 bits per heavy atom. The third-order valence-corrected chi connectivity index (χ3v) is 6.00. The molecular weight excluding hydrogens is 489 g/mol. The Bertz CT molecular complexity index is 599. The van der Waals surface area contributed by atoms with Gasteiger partial charge in [0, 0.05) is 58.4 Å². The topological polar surface area (TPSA) is 63.1 Å². The molecule has 1 aromatic carbocycles. The zero-order valence-corrected chi connectivity index (χ0v) is 20.8. The Kier molecular flexibility index (Phi) is 12.0. The first kappa shape index (κ1) is 25.4. The van der Waals surface area contributed by atoms with E-state index in [0.717, 1.165) is 90.4 Å². The molecule has 3 N–H and O–H groups in total. The van der Waals surface area contributed by atoms with E-state index < -0.39 is 0 Å². The molecule has 1 aliphatic carbocycles. The van der Waals surface area contributed by atoms with Crippen molar-refractivity contribution in [2.75, 3.05) is 45.8 Å². The van der Waals surface area contributed by atoms with Gasteiger partial charge in [-0.05, 0) is 44.6 Å². The fourth-order valence-electron chi connectivity index (χ4n) is 4.23. The first-order valence-corrected chi connectivity index (χ1v) is 11.4. The van der Waals surface area contributed by atoms with Gasteiger partial charge in [-0.3, -0.25) is 9.89 Å². The zero-order valence-electron chi connectivity index (χ0n) is 18.4. The number of nitrogens with zero attached hydrogens (tertiary/aromatic N) is 3. The van der Waals surface area contributed by atoms with Crippen LogP contribution in [0.4, 0.5) is 0 Å². The Labute approximate surface area is 199 Å². The minimum atomic E-state index is -0.110. The van der Waals surface area contributed by atoms with E-state index in [4.69, 9.17) is 4.99 Å². The highest BCUT2D eigenvalue weighted by Gasteiger charge is 2.20. The van der Waals surface area contributed by atoms with Crippen LogP contribution in [0, 0.1) is 0 Å². The number of aliphatic hydroxyl groups is 1. The third-order valence-electron chi connectivity index (χ3n) is 6.00. The normalized spacial score (nSPS) is 23.6. The SMILES string of the molecule is CCNC(=NCCCN1CCN(Cc2ccccc2)CC1)NC1CCC(O)CC1.I. The van der Waals surface area contributed by atoms with E-state index in [1.807, 2.05) is 0 Å². The maximum absolute atomic E-state index is 9.67. The monoisotopic (exact) mass is 529 g/mol. The van der Waals surface area contributed by atoms with Gasteiger partial charge in [0.1, 0.15) is 0 Å². The molecule has 0 amide bonds. The molecule has 1 aromatic rings. The lowest BCUT2D eigenvalue weighted by molar-refractivity contribution is 0.120. The highest BCUT2D eigenvalue weighted by molar-refractivity contribution is 14.0. The van der Waals surface area contributed by atoms with Crippen LogP contribution >= 0.6 is 24.0 Å². The average Bonchev–Trinajstić information content (AvgIpc) is 2.75. The molecule has 0 atom stereocenters. The predicted molar refractivity (Wildman–Crippen MR) is 136 cm³/mol. The summed E-state index contributed by atoms with van der Waals surface area (Å²) in [6, 6.07) is 11.2. The van der Waals surface area contributed by atoms with Crippen LogP contribution < -0.4 is 10.6 Å². The molecule has 170 valence electrons. The second-order valence-electron chi connectivity index (χ2n) is 8.37. The van der Waals surface area contributed by atoms with Crippen LogP contribution in [0.15, 0.2) is 35.3 Å². The number of aliphatic hydroxyl groups excluding tert-OH is 1. The van der Waals surface area contributed by atoms with Crippen LogP contribution in [0.1, 0.15) is 44.6 Å². The van der Waals surface area contributed by atoms with E-state index in [1.165, 1.54) is 5.56 Å². The van der Waals surface area contributed by atoms with Gasteiger partial charge < -0.3 is 20.6 Å². The molecule has 7 heteroatoms. The molecule has 0 bridgehead atoms. The van der Waals surface area contributed by atoms with Gasteiger partial charge in [0.15, 0.2) is 5.96 Å². The summed E-state index contributed by atoms with van der Waals surface area (Å²) >= 11 is 0. The van der Waals surface area contributed by atoms with Gasteiger partial charge in [-0.2, -0.15) is 0 Å². The minimum absolute atomic E-state index is 0. The third kappa shape index (κ3) is 9.08. The fraction of sp³-hybridized carbons (Fsp3) is 0.696. The number of rotatable bonds is 8. The molecule has 1 saturated carbocycles. The lowest BCUT2D eigenvalue weighted by Gasteiger charge is -2.34. The molecule has 0 spiro atoms. The maximum atomic E-state index is 9.67. The number of piperazine rings is 1. The van der Waals surface area contributed by atoms with E-state index in [-0.39, 0.29) is 30.1 Å². The molecule has 0 aromatic heterocycles. The second-order valence-corrected chi connectivity index (χ2v) is 8.37. The highest BCUT2D eigenvalue weighted by Crippen LogP contribution is 2.18. The summed E-state index contributed by atoms with van der Waals surface area (Å²) < 4.78 is 0. The molecule has 1 aliphatic heterocycles. The van der Waals surface area contributed by atoms with Crippen LogP contribution in [0.5, 0.6) is 0 Å². The molecule has 1 saturated heterocycles. The Hall–Kier alpha value is -0.900. The first-order valence-electron chi connectivity index (χ1n) is 11.4. The van der Waals surface area contributed by atoms with E-state index in [0.29, 0.717) is 6.04 Å². The number of hydrogen-bond donors (Lipinski definition) is 3. The number of guanidine groups is 1. The summed E-state index contributed by atoms with van der Waals surface area (Å²) in [6.07, 6.45) is 4.83. The largest absolute Gasteiger partial charge is 0.393 e. The van der Waals surface area contributed by atoms with E-state index in [2.05, 4.69) is 57.7 Å². The molecule has 0 unspecified atom stereocenters. The van der Waals surface area contributed by atoms with Crippen molar-refractivity contribution in [1.29, 1.82) is 0 Å². The van der Waals surface area contributed by atoms with Crippen molar-refractivity contribution in [3.63, 3.8) is 0 Å². The number of nitrogens with one attached hydrogen (secondary N) is 2. The number of aliphatic imine (C=N–C) groups is 1. The Morgan fingerprint density at radius 1 is 1.03 bits per heavy atom. The summed E-state index contributed by atoms with van der Waals surface area (Å²) in [4.78, 5) is 9.90. The summed E-state index contributed by atoms with van der Waals surface area (Å²) in [6.45, 7) is 10.6. The van der Waals surface area contributed by atoms with Crippen LogP contribution in [0.25, 0.3) is 0 Å². The number of benzene rings is 1. The maximum Gasteiger partial charge on any atom is 0.191 e. The molecule has 2 aliphatic rings. The van der Waals surface area contributed by atoms with Gasteiger partial charge in [0.2, 0.25) is 0 Å². The zero-order chi connectivity index (χ0) is 20.3. The molecule has 1 heterocycles. The summed E-state index contributed by atoms with van der Waals surface area (Å²) in [5.41, 5.74) is 1.41. The first-order chi connectivity index (χ1) is 14.2. The van der Waals surface area contributed by atoms with Gasteiger partial charge in [0.25, 0.3) is 0 Å². The standard InChI is InChI=1S/C23H39N5O.HI/c1-2-24-23(26-21-9-11-22(29)12-10-21)25-13-6-14-27-15-17-28(18-16-27)19-20-7-4-3-5-8-20;/h3-5,7-8,21-22,29H,2,6,9-19H2,1H3,(H2,24,25,26);1H.